The fourth-order valence-corrected chi connectivity index (χ4v) is 2.79. The number of pyridine rings is 1. The van der Waals surface area contributed by atoms with Crippen LogP contribution in [0.5, 0.6) is 0 Å². The molecule has 3 rings (SSSR count). The summed E-state index contributed by atoms with van der Waals surface area (Å²) in [4.78, 5) is 25.6. The molecule has 0 aliphatic carbocycles. The number of allylic oxidation sites excluding steroid dienone is 1. The van der Waals surface area contributed by atoms with E-state index in [0.717, 1.165) is 17.0 Å². The number of anilines is 1. The zero-order valence-electron chi connectivity index (χ0n) is 16.1. The van der Waals surface area contributed by atoms with Crippen molar-refractivity contribution in [1.29, 1.82) is 0 Å². The number of nitrogens with zero attached hydrogens (tertiary/aromatic N) is 4. The fourth-order valence-electron chi connectivity index (χ4n) is 2.79. The minimum absolute atomic E-state index is 0.0122. The first-order valence-electron chi connectivity index (χ1n) is 8.74. The molecule has 0 unspecified atom stereocenters. The summed E-state index contributed by atoms with van der Waals surface area (Å²) in [5, 5.41) is 2.84. The van der Waals surface area contributed by atoms with Gasteiger partial charge in [0.15, 0.2) is 11.5 Å². The molecule has 3 aromatic rings. The van der Waals surface area contributed by atoms with Crippen molar-refractivity contribution in [3.63, 3.8) is 0 Å². The Hall–Kier alpha value is -3.68. The summed E-state index contributed by atoms with van der Waals surface area (Å²) in [5.41, 5.74) is 9.48. The number of rotatable bonds is 6. The zero-order valence-corrected chi connectivity index (χ0v) is 16.1. The van der Waals surface area contributed by atoms with Crippen molar-refractivity contribution in [3.05, 3.63) is 71.8 Å². The van der Waals surface area contributed by atoms with Gasteiger partial charge in [0.1, 0.15) is 17.1 Å². The van der Waals surface area contributed by atoms with Crippen molar-refractivity contribution in [2.75, 3.05) is 5.73 Å². The van der Waals surface area contributed by atoms with E-state index in [1.165, 1.54) is 6.26 Å². The topological polar surface area (TPSA) is 107 Å². The molecule has 0 atom stereocenters. The van der Waals surface area contributed by atoms with E-state index >= 15 is 0 Å². The molecule has 0 spiro atoms. The maximum atomic E-state index is 12.6. The number of hydrogen-bond acceptors (Lipinski definition) is 6. The number of nitrogens with one attached hydrogen (secondary N) is 1. The number of fused-ring (bicyclic) bond motifs is 1. The number of imidazole rings is 1. The molecular weight excluding hydrogens is 356 g/mol. The molecule has 28 heavy (non-hydrogen) atoms. The van der Waals surface area contributed by atoms with Crippen molar-refractivity contribution in [2.45, 2.75) is 27.3 Å². The number of amides is 1. The molecule has 3 N–H and O–H groups in total. The average molecular weight is 378 g/mol. The number of ether oxygens (including phenoxy) is 1. The Labute approximate surface area is 162 Å². The second-order valence-electron chi connectivity index (χ2n) is 6.16. The quantitative estimate of drug-likeness (QED) is 0.639. The molecular formula is C20H22N6O2. The van der Waals surface area contributed by atoms with Gasteiger partial charge in [-0.2, -0.15) is 0 Å². The first kappa shape index (κ1) is 19.1. The smallest absolute Gasteiger partial charge is 0.274 e. The van der Waals surface area contributed by atoms with Gasteiger partial charge in [0, 0.05) is 6.20 Å². The van der Waals surface area contributed by atoms with Crippen LogP contribution < -0.4 is 11.1 Å². The Balaban J connectivity index is 1.80. The van der Waals surface area contributed by atoms with Crippen LogP contribution in [0.4, 0.5) is 5.82 Å². The summed E-state index contributed by atoms with van der Waals surface area (Å²) in [6.45, 7) is 9.53. The Morgan fingerprint density at radius 2 is 2.04 bits per heavy atom. The highest BCUT2D eigenvalue weighted by Gasteiger charge is 2.18. The molecule has 8 heteroatoms. The maximum absolute atomic E-state index is 12.6. The second kappa shape index (κ2) is 7.91. The molecule has 0 saturated heterocycles. The molecule has 0 radical (unpaired) electrons. The number of carbonyl (C=O) groups excluding carboxylic acids is 1. The fraction of sp³-hybridized carbons (Fsp3) is 0.200. The predicted molar refractivity (Wildman–Crippen MR) is 107 cm³/mol. The number of aryl methyl sites for hydroxylation is 2. The van der Waals surface area contributed by atoms with E-state index in [1.54, 1.807) is 13.0 Å². The standard InChI is InChI=1S/C20H22N6O2/c1-5-10-28-14(4)17-13(3)24-18(19(21)25-17)20(27)22-11-15-12(2)23-16-8-6-7-9-26(15)16/h5-10H,4,11H2,1-3H3,(H2,21,25)(H,22,27)/b10-5-. The van der Waals surface area contributed by atoms with E-state index in [0.29, 0.717) is 17.1 Å². The highest BCUT2D eigenvalue weighted by Crippen LogP contribution is 2.19. The zero-order chi connectivity index (χ0) is 20.3. The molecule has 1 amide bonds. The van der Waals surface area contributed by atoms with Crippen LogP contribution in [-0.2, 0) is 11.3 Å². The van der Waals surface area contributed by atoms with Crippen molar-refractivity contribution >= 4 is 23.1 Å². The minimum Gasteiger partial charge on any atom is -0.464 e. The summed E-state index contributed by atoms with van der Waals surface area (Å²) in [7, 11) is 0. The van der Waals surface area contributed by atoms with Gasteiger partial charge in [-0.3, -0.25) is 4.79 Å². The molecule has 0 aliphatic rings. The Morgan fingerprint density at radius 1 is 1.25 bits per heavy atom. The predicted octanol–water partition coefficient (Wildman–Crippen LogP) is 2.77. The lowest BCUT2D eigenvalue weighted by atomic mass is 10.2. The van der Waals surface area contributed by atoms with Gasteiger partial charge in [-0.05, 0) is 32.9 Å². The average Bonchev–Trinajstić information content (AvgIpc) is 3.00. The third kappa shape index (κ3) is 3.71. The van der Waals surface area contributed by atoms with E-state index in [9.17, 15) is 4.79 Å². The number of nitrogens with two attached hydrogens (primary N) is 1. The van der Waals surface area contributed by atoms with Crippen molar-refractivity contribution in [3.8, 4) is 0 Å². The van der Waals surface area contributed by atoms with Crippen LogP contribution in [0.25, 0.3) is 11.4 Å². The van der Waals surface area contributed by atoms with Gasteiger partial charge >= 0.3 is 0 Å². The van der Waals surface area contributed by atoms with Crippen LogP contribution in [0.15, 0.2) is 43.3 Å². The van der Waals surface area contributed by atoms with Crippen molar-refractivity contribution < 1.29 is 9.53 Å². The minimum atomic E-state index is -0.412. The van der Waals surface area contributed by atoms with E-state index < -0.39 is 5.91 Å². The lowest BCUT2D eigenvalue weighted by Gasteiger charge is -2.11. The van der Waals surface area contributed by atoms with Crippen LogP contribution in [0, 0.1) is 13.8 Å². The molecule has 3 aromatic heterocycles. The number of aromatic nitrogens is 4. The van der Waals surface area contributed by atoms with Gasteiger partial charge in [0.05, 0.1) is 29.9 Å². The van der Waals surface area contributed by atoms with Gasteiger partial charge in [-0.25, -0.2) is 15.0 Å². The molecule has 0 aliphatic heterocycles. The molecule has 3 heterocycles. The molecule has 8 nitrogen and oxygen atoms in total. The molecule has 0 bridgehead atoms. The van der Waals surface area contributed by atoms with Gasteiger partial charge in [0.2, 0.25) is 0 Å². The Bertz CT molecular complexity index is 1080. The number of nitrogen functional groups attached to an aromatic ring is 1. The van der Waals surface area contributed by atoms with Crippen LogP contribution in [0.1, 0.15) is 40.2 Å². The van der Waals surface area contributed by atoms with Crippen molar-refractivity contribution in [1.82, 2.24) is 24.7 Å². The van der Waals surface area contributed by atoms with Gasteiger partial charge in [-0.1, -0.05) is 18.7 Å². The van der Waals surface area contributed by atoms with Crippen molar-refractivity contribution in [2.24, 2.45) is 0 Å². The normalized spacial score (nSPS) is 11.1. The lowest BCUT2D eigenvalue weighted by molar-refractivity contribution is 0.0945. The van der Waals surface area contributed by atoms with Gasteiger partial charge < -0.3 is 20.2 Å². The number of hydrogen-bond donors (Lipinski definition) is 2. The third-order valence-corrected chi connectivity index (χ3v) is 4.17. The first-order chi connectivity index (χ1) is 13.4. The summed E-state index contributed by atoms with van der Waals surface area (Å²) in [5.74, 6) is -0.0915. The second-order valence-corrected chi connectivity index (χ2v) is 6.16. The Morgan fingerprint density at radius 3 is 2.79 bits per heavy atom. The van der Waals surface area contributed by atoms with Crippen LogP contribution in [-0.4, -0.2) is 25.3 Å². The monoisotopic (exact) mass is 378 g/mol. The van der Waals surface area contributed by atoms with Crippen LogP contribution >= 0.6 is 0 Å². The number of carbonyl (C=O) groups is 1. The van der Waals surface area contributed by atoms with E-state index in [-0.39, 0.29) is 18.1 Å². The molecule has 0 fully saturated rings. The third-order valence-electron chi connectivity index (χ3n) is 4.17. The SMILES string of the molecule is C=C(O/C=C\C)c1nc(N)c(C(=O)NCc2c(C)nc3ccccn23)nc1C. The molecule has 144 valence electrons. The maximum Gasteiger partial charge on any atom is 0.274 e. The van der Waals surface area contributed by atoms with E-state index in [1.807, 2.05) is 42.6 Å². The summed E-state index contributed by atoms with van der Waals surface area (Å²) in [6, 6.07) is 5.73. The summed E-state index contributed by atoms with van der Waals surface area (Å²) >= 11 is 0. The summed E-state index contributed by atoms with van der Waals surface area (Å²) in [6.07, 6.45) is 5.11. The Kier molecular flexibility index (Phi) is 5.39. The van der Waals surface area contributed by atoms with Gasteiger partial charge in [-0.15, -0.1) is 0 Å². The van der Waals surface area contributed by atoms with Crippen LogP contribution in [0.3, 0.4) is 0 Å². The largest absolute Gasteiger partial charge is 0.464 e. The highest BCUT2D eigenvalue weighted by atomic mass is 16.5. The highest BCUT2D eigenvalue weighted by molar-refractivity contribution is 5.96. The van der Waals surface area contributed by atoms with E-state index in [4.69, 9.17) is 10.5 Å². The first-order valence-corrected chi connectivity index (χ1v) is 8.74. The molecule has 0 aromatic carbocycles. The molecule has 0 saturated carbocycles. The van der Waals surface area contributed by atoms with Crippen LogP contribution in [0.2, 0.25) is 0 Å². The lowest BCUT2D eigenvalue weighted by Crippen LogP contribution is -2.27. The van der Waals surface area contributed by atoms with Gasteiger partial charge in [0.25, 0.3) is 5.91 Å². The van der Waals surface area contributed by atoms with E-state index in [2.05, 4.69) is 26.8 Å². The summed E-state index contributed by atoms with van der Waals surface area (Å²) < 4.78 is 7.25.